The number of aromatic nitrogens is 1. The molecule has 16 heteroatoms. The predicted octanol–water partition coefficient (Wildman–Crippen LogP) is 1.79. The SMILES string of the molecule is Cc1ncsc1-c1ccc([C@H](CC(=O)NCCOCCOCCOCCN)NC(=O)[C@@H]2C[C@@H](O)CN2C(=O)C(NC(=O)C2(F)CC2)C(C)(C)C)cc1. The van der Waals surface area contributed by atoms with Crippen LogP contribution in [0.15, 0.2) is 29.8 Å². The van der Waals surface area contributed by atoms with Crippen LogP contribution in [0.5, 0.6) is 0 Å². The average Bonchev–Trinajstić information content (AvgIpc) is 3.51. The molecule has 2 fully saturated rings. The van der Waals surface area contributed by atoms with E-state index in [9.17, 15) is 28.7 Å². The van der Waals surface area contributed by atoms with Gasteiger partial charge in [0.05, 0.1) is 74.3 Å². The number of rotatable bonds is 20. The summed E-state index contributed by atoms with van der Waals surface area (Å²) in [6, 6.07) is 4.46. The number of likely N-dealkylation sites (tertiary alicyclic amines) is 1. The van der Waals surface area contributed by atoms with Crippen LogP contribution in [-0.4, -0.2) is 122 Å². The molecule has 52 heavy (non-hydrogen) atoms. The molecule has 1 unspecified atom stereocenters. The molecule has 1 aliphatic carbocycles. The number of carbonyl (C=O) groups is 4. The minimum atomic E-state index is -1.99. The van der Waals surface area contributed by atoms with Gasteiger partial charge in [0.1, 0.15) is 12.1 Å². The topological polar surface area (TPSA) is 194 Å². The number of ether oxygens (including phenoxy) is 3. The molecule has 1 aliphatic heterocycles. The molecule has 4 amide bonds. The molecule has 14 nitrogen and oxygen atoms in total. The molecule has 1 saturated heterocycles. The fourth-order valence-electron chi connectivity index (χ4n) is 5.83. The van der Waals surface area contributed by atoms with Crippen LogP contribution in [0.4, 0.5) is 4.39 Å². The van der Waals surface area contributed by atoms with E-state index in [1.165, 1.54) is 16.2 Å². The van der Waals surface area contributed by atoms with E-state index < -0.39 is 53.0 Å². The monoisotopic (exact) mass is 748 g/mol. The predicted molar refractivity (Wildman–Crippen MR) is 193 cm³/mol. The number of aryl methyl sites for hydroxylation is 1. The largest absolute Gasteiger partial charge is 0.391 e. The van der Waals surface area contributed by atoms with Gasteiger partial charge in [-0.2, -0.15) is 0 Å². The number of thiazole rings is 1. The zero-order chi connectivity index (χ0) is 37.9. The quantitative estimate of drug-likeness (QED) is 0.125. The molecular formula is C36H53FN6O8S. The van der Waals surface area contributed by atoms with Gasteiger partial charge in [-0.15, -0.1) is 11.3 Å². The highest BCUT2D eigenvalue weighted by Crippen LogP contribution is 2.40. The number of hydrogen-bond acceptors (Lipinski definition) is 11. The van der Waals surface area contributed by atoms with Crippen LogP contribution < -0.4 is 21.7 Å². The molecule has 2 aromatic rings. The van der Waals surface area contributed by atoms with Crippen LogP contribution in [0.3, 0.4) is 0 Å². The molecule has 6 N–H and O–H groups in total. The maximum absolute atomic E-state index is 14.6. The molecule has 0 spiro atoms. The van der Waals surface area contributed by atoms with Gasteiger partial charge in [-0.05, 0) is 36.3 Å². The molecule has 2 heterocycles. The van der Waals surface area contributed by atoms with E-state index in [0.29, 0.717) is 45.1 Å². The number of nitrogens with zero attached hydrogens (tertiary/aromatic N) is 2. The van der Waals surface area contributed by atoms with Gasteiger partial charge < -0.3 is 45.9 Å². The Morgan fingerprint density at radius 2 is 1.67 bits per heavy atom. The van der Waals surface area contributed by atoms with Crippen molar-refractivity contribution in [3.8, 4) is 10.4 Å². The summed E-state index contributed by atoms with van der Waals surface area (Å²) in [4.78, 5) is 60.2. The fourth-order valence-corrected chi connectivity index (χ4v) is 6.64. The van der Waals surface area contributed by atoms with Gasteiger partial charge in [-0.25, -0.2) is 9.37 Å². The standard InChI is InChI=1S/C36H53FN6O8S/c1-23-30(52-22-40-23)25-7-5-24(6-8-25)27(20-29(45)39-12-14-50-16-18-51-17-15-49-13-11-38)41-32(46)28-19-26(44)21-43(28)33(47)31(35(2,3)4)42-34(48)36(37)9-10-36/h5-8,22,26-28,31,44H,9-21,38H2,1-4H3,(H,39,45)(H,41,46)(H,42,48)/t26-,27+,28+,31?/m1/s1. The van der Waals surface area contributed by atoms with Crippen molar-refractivity contribution in [1.29, 1.82) is 0 Å². The number of nitrogens with one attached hydrogen (secondary N) is 3. The second-order valence-corrected chi connectivity index (χ2v) is 15.1. The number of amides is 4. The molecule has 1 aromatic carbocycles. The summed E-state index contributed by atoms with van der Waals surface area (Å²) in [5.74, 6) is -2.34. The molecule has 4 atom stereocenters. The van der Waals surface area contributed by atoms with Crippen molar-refractivity contribution in [2.75, 3.05) is 59.3 Å². The lowest BCUT2D eigenvalue weighted by atomic mass is 9.85. The number of aliphatic hydroxyl groups excluding tert-OH is 1. The first kappa shape index (κ1) is 41.2. The van der Waals surface area contributed by atoms with Crippen LogP contribution in [0.2, 0.25) is 0 Å². The first-order chi connectivity index (χ1) is 24.7. The average molecular weight is 749 g/mol. The maximum atomic E-state index is 14.6. The molecule has 2 aliphatic rings. The Morgan fingerprint density at radius 3 is 2.25 bits per heavy atom. The number of β-amino-alcohol motifs (C(OH)–C–C–N with tert-alkyl or cyclic N) is 1. The highest BCUT2D eigenvalue weighted by molar-refractivity contribution is 7.13. The van der Waals surface area contributed by atoms with Crippen LogP contribution in [-0.2, 0) is 33.4 Å². The van der Waals surface area contributed by atoms with E-state index in [2.05, 4.69) is 20.9 Å². The Labute approximate surface area is 308 Å². The van der Waals surface area contributed by atoms with Gasteiger partial charge in [-0.3, -0.25) is 19.2 Å². The van der Waals surface area contributed by atoms with Crippen molar-refractivity contribution in [1.82, 2.24) is 25.8 Å². The van der Waals surface area contributed by atoms with Gasteiger partial charge in [0.2, 0.25) is 17.7 Å². The number of benzene rings is 1. The number of hydrogen-bond donors (Lipinski definition) is 5. The van der Waals surface area contributed by atoms with Crippen LogP contribution in [0, 0.1) is 12.3 Å². The lowest BCUT2D eigenvalue weighted by Gasteiger charge is -2.36. The van der Waals surface area contributed by atoms with E-state index in [1.54, 1.807) is 26.3 Å². The van der Waals surface area contributed by atoms with Gasteiger partial charge in [0.15, 0.2) is 5.67 Å². The van der Waals surface area contributed by atoms with E-state index in [4.69, 9.17) is 19.9 Å². The summed E-state index contributed by atoms with van der Waals surface area (Å²) in [6.45, 7) is 10.0. The zero-order valence-electron chi connectivity index (χ0n) is 30.5. The number of carbonyl (C=O) groups excluding carboxylic acids is 4. The summed E-state index contributed by atoms with van der Waals surface area (Å²) in [5, 5.41) is 19.0. The second-order valence-electron chi connectivity index (χ2n) is 14.3. The minimum absolute atomic E-state index is 0.0419. The summed E-state index contributed by atoms with van der Waals surface area (Å²) in [7, 11) is 0. The third-order valence-electron chi connectivity index (χ3n) is 8.95. The Morgan fingerprint density at radius 1 is 1.04 bits per heavy atom. The van der Waals surface area contributed by atoms with Crippen molar-refractivity contribution in [2.45, 2.75) is 83.3 Å². The Kier molecular flexibility index (Phi) is 15.0. The summed E-state index contributed by atoms with van der Waals surface area (Å²) >= 11 is 1.51. The van der Waals surface area contributed by atoms with Gasteiger partial charge >= 0.3 is 0 Å². The van der Waals surface area contributed by atoms with Crippen molar-refractivity contribution >= 4 is 35.0 Å². The molecule has 1 aromatic heterocycles. The highest BCUT2D eigenvalue weighted by atomic mass is 32.1. The smallest absolute Gasteiger partial charge is 0.258 e. The van der Waals surface area contributed by atoms with E-state index in [0.717, 1.165) is 16.1 Å². The second kappa shape index (κ2) is 19.0. The number of alkyl halides is 1. The first-order valence-electron chi connectivity index (χ1n) is 17.7. The summed E-state index contributed by atoms with van der Waals surface area (Å²) < 4.78 is 30.8. The summed E-state index contributed by atoms with van der Waals surface area (Å²) in [5.41, 5.74) is 6.82. The minimum Gasteiger partial charge on any atom is -0.391 e. The van der Waals surface area contributed by atoms with E-state index in [1.807, 2.05) is 31.2 Å². The number of halogens is 1. The Hall–Kier alpha value is -3.54. The molecule has 288 valence electrons. The molecular weight excluding hydrogens is 695 g/mol. The molecule has 4 rings (SSSR count). The van der Waals surface area contributed by atoms with Crippen molar-refractivity contribution < 1.29 is 42.9 Å². The molecule has 1 saturated carbocycles. The lowest BCUT2D eigenvalue weighted by Crippen LogP contribution is -2.59. The van der Waals surface area contributed by atoms with Crippen LogP contribution >= 0.6 is 11.3 Å². The van der Waals surface area contributed by atoms with Gasteiger partial charge in [-0.1, -0.05) is 45.0 Å². The molecule has 0 bridgehead atoms. The third kappa shape index (κ3) is 11.7. The van der Waals surface area contributed by atoms with Crippen LogP contribution in [0.25, 0.3) is 10.4 Å². The van der Waals surface area contributed by atoms with Crippen molar-refractivity contribution in [3.05, 3.63) is 41.0 Å². The fraction of sp³-hybridized carbons (Fsp3) is 0.639. The van der Waals surface area contributed by atoms with Crippen LogP contribution in [0.1, 0.15) is 63.8 Å². The molecule has 0 radical (unpaired) electrons. The normalized spacial score (nSPS) is 19.2. The van der Waals surface area contributed by atoms with Gasteiger partial charge in [0, 0.05) is 26.1 Å². The lowest BCUT2D eigenvalue weighted by molar-refractivity contribution is -0.145. The maximum Gasteiger partial charge on any atom is 0.258 e. The number of aliphatic hydroxyl groups is 1. The number of nitrogens with two attached hydrogens (primary N) is 1. The zero-order valence-corrected chi connectivity index (χ0v) is 31.3. The Bertz CT molecular complexity index is 1500. The van der Waals surface area contributed by atoms with Gasteiger partial charge in [0.25, 0.3) is 5.91 Å². The third-order valence-corrected chi connectivity index (χ3v) is 9.93. The van der Waals surface area contributed by atoms with Crippen molar-refractivity contribution in [2.24, 2.45) is 11.1 Å². The van der Waals surface area contributed by atoms with Crippen molar-refractivity contribution in [3.63, 3.8) is 0 Å². The van der Waals surface area contributed by atoms with E-state index in [-0.39, 0.29) is 51.3 Å². The summed E-state index contributed by atoms with van der Waals surface area (Å²) in [6.07, 6.45) is -0.971. The van der Waals surface area contributed by atoms with E-state index >= 15 is 0 Å². The Balaban J connectivity index is 1.41. The first-order valence-corrected chi connectivity index (χ1v) is 18.6. The highest BCUT2D eigenvalue weighted by Gasteiger charge is 2.53.